The number of hydrogen-bond acceptors (Lipinski definition) is 0. The van der Waals surface area contributed by atoms with Gasteiger partial charge >= 0.3 is 0 Å². The summed E-state index contributed by atoms with van der Waals surface area (Å²) in [7, 11) is 0. The van der Waals surface area contributed by atoms with Gasteiger partial charge in [0.25, 0.3) is 0 Å². The van der Waals surface area contributed by atoms with Gasteiger partial charge in [-0.2, -0.15) is 0 Å². The highest BCUT2D eigenvalue weighted by Crippen LogP contribution is 2.57. The normalized spacial score (nSPS) is 13.8. The van der Waals surface area contributed by atoms with Crippen LogP contribution >= 0.6 is 0 Å². The first-order chi connectivity index (χ1) is 19.3. The fourth-order valence-electron chi connectivity index (χ4n) is 8.19. The highest BCUT2D eigenvalue weighted by atomic mass is 14.4. The lowest BCUT2D eigenvalue weighted by molar-refractivity contribution is 1.24. The Hall–Kier alpha value is -4.68. The van der Waals surface area contributed by atoms with Gasteiger partial charge in [0.2, 0.25) is 0 Å². The van der Waals surface area contributed by atoms with E-state index >= 15 is 0 Å². The second-order valence-electron chi connectivity index (χ2n) is 11.6. The van der Waals surface area contributed by atoms with E-state index in [4.69, 9.17) is 0 Å². The maximum Gasteiger partial charge on any atom is -0.000660 e. The van der Waals surface area contributed by atoms with Crippen molar-refractivity contribution in [3.05, 3.63) is 143 Å². The number of hydrogen-bond donors (Lipinski definition) is 0. The molecule has 0 saturated carbocycles. The third-order valence-corrected chi connectivity index (χ3v) is 9.66. The van der Waals surface area contributed by atoms with Crippen LogP contribution in [0.4, 0.5) is 0 Å². The molecule has 180 valence electrons. The minimum Gasteiger partial charge on any atom is -0.0622 e. The van der Waals surface area contributed by atoms with Gasteiger partial charge in [0.05, 0.1) is 0 Å². The summed E-state index contributed by atoms with van der Waals surface area (Å²) in [5.41, 5.74) is 17.4. The van der Waals surface area contributed by atoms with Crippen molar-refractivity contribution in [2.75, 3.05) is 0 Å². The van der Waals surface area contributed by atoms with E-state index < -0.39 is 0 Å². The van der Waals surface area contributed by atoms with Crippen molar-refractivity contribution in [3.8, 4) is 33.4 Å². The van der Waals surface area contributed by atoms with Gasteiger partial charge in [-0.05, 0) is 137 Å². The van der Waals surface area contributed by atoms with Crippen molar-refractivity contribution in [2.24, 2.45) is 0 Å². The SMILES string of the molecule is c1ccc(-c2cc3c4c5c2Cc2cc(-c6ccccc6)c6c(c25)c2c(cc(-c5ccccc5)c(c42)C3)C6)cc1. The van der Waals surface area contributed by atoms with Crippen molar-refractivity contribution in [2.45, 2.75) is 19.3 Å². The first kappa shape index (κ1) is 20.3. The topological polar surface area (TPSA) is 0 Å². The van der Waals surface area contributed by atoms with Crippen LogP contribution in [0.5, 0.6) is 0 Å². The molecule has 0 amide bonds. The summed E-state index contributed by atoms with van der Waals surface area (Å²) >= 11 is 0. The van der Waals surface area contributed by atoms with Crippen LogP contribution in [-0.2, 0) is 19.3 Å². The highest BCUT2D eigenvalue weighted by Gasteiger charge is 2.35. The third kappa shape index (κ3) is 2.46. The van der Waals surface area contributed by atoms with Gasteiger partial charge in [0.15, 0.2) is 0 Å². The fraction of sp³-hybridized carbons (Fsp3) is 0.0769. The van der Waals surface area contributed by atoms with Crippen molar-refractivity contribution in [1.29, 1.82) is 0 Å². The van der Waals surface area contributed by atoms with E-state index in [-0.39, 0.29) is 0 Å². The van der Waals surface area contributed by atoms with Crippen molar-refractivity contribution < 1.29 is 0 Å². The largest absolute Gasteiger partial charge is 0.0622 e. The Balaban J connectivity index is 1.42. The Morgan fingerprint density at radius 3 is 0.872 bits per heavy atom. The molecule has 0 aliphatic heterocycles. The second-order valence-corrected chi connectivity index (χ2v) is 11.6. The average Bonchev–Trinajstić information content (AvgIpc) is 3.68. The lowest BCUT2D eigenvalue weighted by Gasteiger charge is -2.14. The molecule has 0 nitrogen and oxygen atoms in total. The number of benzene rings is 7. The molecule has 0 radical (unpaired) electrons. The fourth-order valence-corrected chi connectivity index (χ4v) is 8.19. The first-order valence-corrected chi connectivity index (χ1v) is 14.1. The van der Waals surface area contributed by atoms with Crippen molar-refractivity contribution in [3.63, 3.8) is 0 Å². The quantitative estimate of drug-likeness (QED) is 0.215. The van der Waals surface area contributed by atoms with Crippen LogP contribution in [0.1, 0.15) is 33.4 Å². The molecule has 7 aromatic rings. The van der Waals surface area contributed by atoms with E-state index in [1.165, 1.54) is 66.8 Å². The third-order valence-electron chi connectivity index (χ3n) is 9.66. The van der Waals surface area contributed by atoms with Crippen LogP contribution in [0.3, 0.4) is 0 Å². The molecule has 39 heavy (non-hydrogen) atoms. The van der Waals surface area contributed by atoms with Gasteiger partial charge in [0, 0.05) is 0 Å². The molecule has 10 rings (SSSR count). The molecule has 7 aromatic carbocycles. The zero-order chi connectivity index (χ0) is 25.2. The van der Waals surface area contributed by atoms with Crippen LogP contribution in [0.2, 0.25) is 0 Å². The summed E-state index contributed by atoms with van der Waals surface area (Å²) in [6.07, 6.45) is 3.04. The Bertz CT molecular complexity index is 1920. The summed E-state index contributed by atoms with van der Waals surface area (Å²) in [6, 6.07) is 40.8. The van der Waals surface area contributed by atoms with Crippen LogP contribution in [0.15, 0.2) is 109 Å². The lowest BCUT2D eigenvalue weighted by Crippen LogP contribution is -1.92. The molecular formula is C39H24. The van der Waals surface area contributed by atoms with Gasteiger partial charge in [-0.1, -0.05) is 91.0 Å². The van der Waals surface area contributed by atoms with E-state index in [0.717, 1.165) is 19.3 Å². The molecular weight excluding hydrogens is 468 g/mol. The molecule has 3 aliphatic carbocycles. The second kappa shape index (κ2) is 7.04. The number of rotatable bonds is 3. The molecule has 0 spiro atoms. The monoisotopic (exact) mass is 492 g/mol. The van der Waals surface area contributed by atoms with Gasteiger partial charge in [-0.3, -0.25) is 0 Å². The molecule has 0 unspecified atom stereocenters. The Kier molecular flexibility index (Phi) is 3.66. The smallest absolute Gasteiger partial charge is 0.000660 e. The molecule has 0 saturated heterocycles. The Morgan fingerprint density at radius 1 is 0.308 bits per heavy atom. The molecule has 0 bridgehead atoms. The lowest BCUT2D eigenvalue weighted by atomic mass is 9.89. The predicted molar refractivity (Wildman–Crippen MR) is 164 cm³/mol. The molecule has 0 heterocycles. The Labute approximate surface area is 227 Å². The maximum absolute atomic E-state index is 2.54. The summed E-state index contributed by atoms with van der Waals surface area (Å²) in [6.45, 7) is 0. The molecule has 0 aromatic heterocycles. The first-order valence-electron chi connectivity index (χ1n) is 14.1. The van der Waals surface area contributed by atoms with Crippen LogP contribution in [0.25, 0.3) is 65.7 Å². The van der Waals surface area contributed by atoms with E-state index in [1.807, 2.05) is 0 Å². The van der Waals surface area contributed by atoms with Gasteiger partial charge in [-0.25, -0.2) is 0 Å². The zero-order valence-corrected chi connectivity index (χ0v) is 21.5. The van der Waals surface area contributed by atoms with Crippen LogP contribution in [0, 0.1) is 0 Å². The average molecular weight is 493 g/mol. The van der Waals surface area contributed by atoms with Gasteiger partial charge in [0.1, 0.15) is 0 Å². The molecule has 0 N–H and O–H groups in total. The van der Waals surface area contributed by atoms with Gasteiger partial charge in [-0.15, -0.1) is 0 Å². The summed E-state index contributed by atoms with van der Waals surface area (Å²) < 4.78 is 0. The van der Waals surface area contributed by atoms with E-state index in [2.05, 4.69) is 109 Å². The molecule has 3 aliphatic rings. The van der Waals surface area contributed by atoms with E-state index in [1.54, 1.807) is 32.3 Å². The van der Waals surface area contributed by atoms with E-state index in [9.17, 15) is 0 Å². The molecule has 0 heteroatoms. The highest BCUT2D eigenvalue weighted by molar-refractivity contribution is 6.35. The predicted octanol–water partition coefficient (Wildman–Crippen LogP) is 9.86. The standard InChI is InChI=1S/C39H24/c1-4-10-22(11-5-1)28-16-25-20-32-30(24-14-8-3-9-15-24)18-27-21-33-29(23-12-6-2-7-13-23)17-26-19-31(28)37-34(25)38(32)36(27)39(33)35(26)37/h1-18H,19-21H2. The minimum absolute atomic E-state index is 1.01. The Morgan fingerprint density at radius 2 is 0.590 bits per heavy atom. The van der Waals surface area contributed by atoms with Gasteiger partial charge < -0.3 is 0 Å². The summed E-state index contributed by atoms with van der Waals surface area (Å²) in [4.78, 5) is 0. The summed E-state index contributed by atoms with van der Waals surface area (Å²) in [5, 5.41) is 9.25. The van der Waals surface area contributed by atoms with Crippen LogP contribution in [-0.4, -0.2) is 0 Å². The molecule has 0 fully saturated rings. The molecule has 0 atom stereocenters. The van der Waals surface area contributed by atoms with Crippen molar-refractivity contribution >= 4 is 32.3 Å². The van der Waals surface area contributed by atoms with Crippen LogP contribution < -0.4 is 0 Å². The summed E-state index contributed by atoms with van der Waals surface area (Å²) in [5.74, 6) is 0. The zero-order valence-electron chi connectivity index (χ0n) is 21.5. The maximum atomic E-state index is 2.54. The van der Waals surface area contributed by atoms with E-state index in [0.29, 0.717) is 0 Å². The minimum atomic E-state index is 1.01. The van der Waals surface area contributed by atoms with Crippen molar-refractivity contribution in [1.82, 2.24) is 0 Å².